The fourth-order valence-electron chi connectivity index (χ4n) is 2.14. The first-order chi connectivity index (χ1) is 10.0. The summed E-state index contributed by atoms with van der Waals surface area (Å²) in [5.74, 6) is 0.677. The number of nitrogens with zero attached hydrogens (tertiary/aromatic N) is 4. The van der Waals surface area contributed by atoms with Crippen LogP contribution in [0.15, 0.2) is 24.5 Å². The Morgan fingerprint density at radius 3 is 2.52 bits per heavy atom. The van der Waals surface area contributed by atoms with Crippen LogP contribution in [0.5, 0.6) is 0 Å². The van der Waals surface area contributed by atoms with E-state index in [-0.39, 0.29) is 5.84 Å². The van der Waals surface area contributed by atoms with Gasteiger partial charge in [-0.25, -0.2) is 0 Å². The van der Waals surface area contributed by atoms with Crippen LogP contribution in [0.4, 0.5) is 5.82 Å². The summed E-state index contributed by atoms with van der Waals surface area (Å²) in [7, 11) is 1.94. The highest BCUT2D eigenvalue weighted by Gasteiger charge is 2.16. The first kappa shape index (κ1) is 14.9. The highest BCUT2D eigenvalue weighted by Crippen LogP contribution is 2.20. The molecule has 0 atom stereocenters. The van der Waals surface area contributed by atoms with E-state index in [1.54, 1.807) is 12.4 Å². The molecule has 0 aliphatic heterocycles. The predicted molar refractivity (Wildman–Crippen MR) is 83.7 cm³/mol. The van der Waals surface area contributed by atoms with E-state index in [2.05, 4.69) is 15.2 Å². The largest absolute Gasteiger partial charge is 0.384 e. The lowest BCUT2D eigenvalue weighted by Crippen LogP contribution is -2.27. The molecule has 0 aromatic carbocycles. The molecule has 110 valence electrons. The van der Waals surface area contributed by atoms with Crippen LogP contribution in [0.2, 0.25) is 0 Å². The number of anilines is 1. The van der Waals surface area contributed by atoms with E-state index >= 15 is 0 Å². The zero-order valence-electron chi connectivity index (χ0n) is 12.6. The van der Waals surface area contributed by atoms with E-state index in [1.165, 1.54) is 5.56 Å². The topological polar surface area (TPSA) is 91.8 Å². The molecule has 0 saturated heterocycles. The maximum atomic E-state index is 7.78. The lowest BCUT2D eigenvalue weighted by atomic mass is 10.1. The standard InChI is InChI=1S/C15H20N6/c1-10-11(2)19-20-15(13(10)14(16)17)21(3)9-6-12-4-7-18-8-5-12/h4-5,7-8H,6,9H2,1-3H3,(H3,16,17). The van der Waals surface area contributed by atoms with E-state index in [9.17, 15) is 0 Å². The first-order valence-electron chi connectivity index (χ1n) is 6.79. The van der Waals surface area contributed by atoms with Gasteiger partial charge in [0.05, 0.1) is 11.3 Å². The molecular formula is C15H20N6. The summed E-state index contributed by atoms with van der Waals surface area (Å²) in [4.78, 5) is 5.99. The Labute approximate surface area is 124 Å². The van der Waals surface area contributed by atoms with Crippen molar-refractivity contribution in [3.8, 4) is 0 Å². The minimum absolute atomic E-state index is 0.0243. The zero-order valence-corrected chi connectivity index (χ0v) is 12.6. The van der Waals surface area contributed by atoms with E-state index < -0.39 is 0 Å². The third kappa shape index (κ3) is 3.34. The van der Waals surface area contributed by atoms with Crippen molar-refractivity contribution in [2.24, 2.45) is 5.73 Å². The Morgan fingerprint density at radius 2 is 1.90 bits per heavy atom. The summed E-state index contributed by atoms with van der Waals surface area (Å²) in [6, 6.07) is 3.98. The fraction of sp³-hybridized carbons (Fsp3) is 0.333. The molecule has 0 saturated carbocycles. The lowest BCUT2D eigenvalue weighted by Gasteiger charge is -2.21. The molecule has 2 rings (SSSR count). The number of pyridine rings is 1. The molecule has 6 nitrogen and oxygen atoms in total. The van der Waals surface area contributed by atoms with Crippen LogP contribution < -0.4 is 10.6 Å². The number of nitrogen functional groups attached to an aromatic ring is 1. The molecule has 0 amide bonds. The second-order valence-electron chi connectivity index (χ2n) is 5.05. The number of nitrogens with two attached hydrogens (primary N) is 1. The van der Waals surface area contributed by atoms with Gasteiger partial charge in [0, 0.05) is 26.0 Å². The van der Waals surface area contributed by atoms with Gasteiger partial charge in [0.2, 0.25) is 0 Å². The quantitative estimate of drug-likeness (QED) is 0.640. The second-order valence-corrected chi connectivity index (χ2v) is 5.05. The van der Waals surface area contributed by atoms with Crippen LogP contribution in [-0.2, 0) is 6.42 Å². The molecule has 0 spiro atoms. The van der Waals surface area contributed by atoms with Crippen molar-refractivity contribution >= 4 is 11.7 Å². The summed E-state index contributed by atoms with van der Waals surface area (Å²) < 4.78 is 0. The molecule has 0 aliphatic rings. The van der Waals surface area contributed by atoms with Crippen molar-refractivity contribution in [2.45, 2.75) is 20.3 Å². The summed E-state index contributed by atoms with van der Waals surface area (Å²) in [6.07, 6.45) is 4.43. The van der Waals surface area contributed by atoms with E-state index in [4.69, 9.17) is 11.1 Å². The number of aromatic nitrogens is 3. The number of hydrogen-bond acceptors (Lipinski definition) is 5. The number of aryl methyl sites for hydroxylation is 1. The Balaban J connectivity index is 2.21. The molecular weight excluding hydrogens is 264 g/mol. The summed E-state index contributed by atoms with van der Waals surface area (Å²) >= 11 is 0. The highest BCUT2D eigenvalue weighted by atomic mass is 15.2. The highest BCUT2D eigenvalue weighted by molar-refractivity contribution is 6.01. The monoisotopic (exact) mass is 284 g/mol. The van der Waals surface area contributed by atoms with Crippen molar-refractivity contribution in [1.82, 2.24) is 15.2 Å². The third-order valence-electron chi connectivity index (χ3n) is 3.55. The van der Waals surface area contributed by atoms with Gasteiger partial charge in [0.15, 0.2) is 5.82 Å². The van der Waals surface area contributed by atoms with Gasteiger partial charge in [-0.3, -0.25) is 10.4 Å². The fourth-order valence-corrected chi connectivity index (χ4v) is 2.14. The molecule has 0 radical (unpaired) electrons. The lowest BCUT2D eigenvalue weighted by molar-refractivity contribution is 0.826. The molecule has 2 aromatic rings. The van der Waals surface area contributed by atoms with Crippen LogP contribution in [0.3, 0.4) is 0 Å². The summed E-state index contributed by atoms with van der Waals surface area (Å²) in [6.45, 7) is 4.55. The minimum Gasteiger partial charge on any atom is -0.384 e. The van der Waals surface area contributed by atoms with Gasteiger partial charge in [-0.1, -0.05) is 0 Å². The van der Waals surface area contributed by atoms with Crippen molar-refractivity contribution in [2.75, 3.05) is 18.5 Å². The van der Waals surface area contributed by atoms with Crippen LogP contribution >= 0.6 is 0 Å². The van der Waals surface area contributed by atoms with E-state index in [1.807, 2.05) is 37.9 Å². The molecule has 2 aromatic heterocycles. The normalized spacial score (nSPS) is 10.4. The molecule has 0 bridgehead atoms. The average molecular weight is 284 g/mol. The zero-order chi connectivity index (χ0) is 15.4. The van der Waals surface area contributed by atoms with Crippen LogP contribution in [-0.4, -0.2) is 34.6 Å². The van der Waals surface area contributed by atoms with Crippen molar-refractivity contribution in [3.63, 3.8) is 0 Å². The Morgan fingerprint density at radius 1 is 1.24 bits per heavy atom. The van der Waals surface area contributed by atoms with E-state index in [0.717, 1.165) is 24.2 Å². The van der Waals surface area contributed by atoms with Crippen molar-refractivity contribution in [3.05, 3.63) is 46.9 Å². The Hall–Kier alpha value is -2.50. The average Bonchev–Trinajstić information content (AvgIpc) is 2.48. The number of rotatable bonds is 5. The molecule has 0 aliphatic carbocycles. The van der Waals surface area contributed by atoms with Gasteiger partial charge in [-0.05, 0) is 43.5 Å². The predicted octanol–water partition coefficient (Wildman–Crippen LogP) is 1.45. The summed E-state index contributed by atoms with van der Waals surface area (Å²) in [5.41, 5.74) is 9.29. The van der Waals surface area contributed by atoms with Crippen LogP contribution in [0.1, 0.15) is 22.4 Å². The van der Waals surface area contributed by atoms with Gasteiger partial charge in [0.1, 0.15) is 5.84 Å². The number of hydrogen-bond donors (Lipinski definition) is 2. The van der Waals surface area contributed by atoms with Crippen LogP contribution in [0, 0.1) is 19.3 Å². The molecule has 2 heterocycles. The second kappa shape index (κ2) is 6.30. The van der Waals surface area contributed by atoms with Crippen LogP contribution in [0.25, 0.3) is 0 Å². The molecule has 0 fully saturated rings. The van der Waals surface area contributed by atoms with E-state index in [0.29, 0.717) is 11.4 Å². The minimum atomic E-state index is 0.0243. The number of amidine groups is 1. The molecule has 0 unspecified atom stereocenters. The number of nitrogens with one attached hydrogen (secondary N) is 1. The maximum absolute atomic E-state index is 7.78. The first-order valence-corrected chi connectivity index (χ1v) is 6.79. The summed E-state index contributed by atoms with van der Waals surface area (Å²) in [5, 5.41) is 16.1. The van der Waals surface area contributed by atoms with Crippen molar-refractivity contribution < 1.29 is 0 Å². The SMILES string of the molecule is Cc1nnc(N(C)CCc2ccncc2)c(C(=N)N)c1C. The van der Waals surface area contributed by atoms with Gasteiger partial charge in [-0.15, -0.1) is 5.10 Å². The van der Waals surface area contributed by atoms with Crippen molar-refractivity contribution in [1.29, 1.82) is 5.41 Å². The molecule has 21 heavy (non-hydrogen) atoms. The van der Waals surface area contributed by atoms with Gasteiger partial charge in [0.25, 0.3) is 0 Å². The number of likely N-dealkylation sites (N-methyl/N-ethyl adjacent to an activating group) is 1. The smallest absolute Gasteiger partial charge is 0.162 e. The van der Waals surface area contributed by atoms with Gasteiger partial charge < -0.3 is 10.6 Å². The Bertz CT molecular complexity index is 638. The van der Waals surface area contributed by atoms with Gasteiger partial charge >= 0.3 is 0 Å². The Kier molecular flexibility index (Phi) is 4.47. The molecule has 6 heteroatoms. The third-order valence-corrected chi connectivity index (χ3v) is 3.55. The van der Waals surface area contributed by atoms with Gasteiger partial charge in [-0.2, -0.15) is 5.10 Å². The molecule has 3 N–H and O–H groups in total. The maximum Gasteiger partial charge on any atom is 0.162 e.